The van der Waals surface area contributed by atoms with Crippen LogP contribution in [-0.4, -0.2) is 23.6 Å². The first-order valence-electron chi connectivity index (χ1n) is 10.7. The maximum Gasteiger partial charge on any atom is 0.340 e. The molecule has 7 heteroatoms. The van der Waals surface area contributed by atoms with Crippen LogP contribution in [0.2, 0.25) is 5.02 Å². The standard InChI is InChI=1S/C27H24BrClN2O3/c1-15-9-10-22(14-24(15)29)31-18(4)25(27(33)34-5)23(26(31)32)12-19-11-16(2)30(17(19)3)21-8-6-7-20(28)13-21/h6-14H,1-5H3/b23-12-. The van der Waals surface area contributed by atoms with Crippen molar-refractivity contribution in [3.8, 4) is 5.69 Å². The molecule has 2 heterocycles. The third-order valence-corrected chi connectivity index (χ3v) is 6.94. The van der Waals surface area contributed by atoms with Crippen molar-refractivity contribution in [1.82, 2.24) is 4.57 Å². The number of ether oxygens (including phenoxy) is 1. The molecular formula is C27H24BrClN2O3. The van der Waals surface area contributed by atoms with Gasteiger partial charge in [0.2, 0.25) is 0 Å². The summed E-state index contributed by atoms with van der Waals surface area (Å²) in [5.41, 5.74) is 6.35. The molecule has 1 aliphatic rings. The second kappa shape index (κ2) is 9.28. The Hall–Kier alpha value is -3.09. The minimum atomic E-state index is -0.557. The van der Waals surface area contributed by atoms with Gasteiger partial charge in [0.25, 0.3) is 5.91 Å². The summed E-state index contributed by atoms with van der Waals surface area (Å²) in [6.07, 6.45) is 1.77. The summed E-state index contributed by atoms with van der Waals surface area (Å²) < 4.78 is 8.12. The minimum absolute atomic E-state index is 0.247. The Bertz CT molecular complexity index is 1400. The number of methoxy groups -OCH3 is 1. The molecule has 5 nitrogen and oxygen atoms in total. The first-order valence-corrected chi connectivity index (χ1v) is 11.9. The van der Waals surface area contributed by atoms with E-state index in [2.05, 4.69) is 20.5 Å². The largest absolute Gasteiger partial charge is 0.465 e. The maximum absolute atomic E-state index is 13.6. The van der Waals surface area contributed by atoms with Crippen LogP contribution in [0, 0.1) is 20.8 Å². The van der Waals surface area contributed by atoms with Gasteiger partial charge in [-0.1, -0.05) is 39.7 Å². The van der Waals surface area contributed by atoms with Crippen molar-refractivity contribution in [2.75, 3.05) is 12.0 Å². The second-order valence-electron chi connectivity index (χ2n) is 8.23. The second-order valence-corrected chi connectivity index (χ2v) is 9.55. The van der Waals surface area contributed by atoms with Crippen LogP contribution in [-0.2, 0) is 14.3 Å². The highest BCUT2D eigenvalue weighted by atomic mass is 79.9. The van der Waals surface area contributed by atoms with Crippen molar-refractivity contribution in [3.63, 3.8) is 0 Å². The molecule has 3 aromatic rings. The fraction of sp³-hybridized carbons (Fsp3) is 0.185. The van der Waals surface area contributed by atoms with Gasteiger partial charge < -0.3 is 9.30 Å². The lowest BCUT2D eigenvalue weighted by molar-refractivity contribution is -0.136. The minimum Gasteiger partial charge on any atom is -0.465 e. The number of hydrogen-bond acceptors (Lipinski definition) is 3. The number of rotatable bonds is 4. The third-order valence-electron chi connectivity index (χ3n) is 6.04. The van der Waals surface area contributed by atoms with Gasteiger partial charge in [0.15, 0.2) is 0 Å². The molecule has 0 bridgehead atoms. The summed E-state index contributed by atoms with van der Waals surface area (Å²) in [6.45, 7) is 7.64. The zero-order valence-electron chi connectivity index (χ0n) is 19.6. The van der Waals surface area contributed by atoms with Crippen molar-refractivity contribution < 1.29 is 14.3 Å². The molecule has 0 saturated carbocycles. The van der Waals surface area contributed by atoms with E-state index < -0.39 is 5.97 Å². The topological polar surface area (TPSA) is 51.5 Å². The number of halogens is 2. The number of aryl methyl sites for hydroxylation is 2. The van der Waals surface area contributed by atoms with Crippen molar-refractivity contribution in [2.24, 2.45) is 0 Å². The molecule has 0 radical (unpaired) electrons. The van der Waals surface area contributed by atoms with Gasteiger partial charge in [-0.05, 0) is 81.3 Å². The highest BCUT2D eigenvalue weighted by Crippen LogP contribution is 2.37. The molecule has 0 spiro atoms. The summed E-state index contributed by atoms with van der Waals surface area (Å²) in [5.74, 6) is -0.858. The molecule has 0 N–H and O–H groups in total. The first-order chi connectivity index (χ1) is 16.1. The van der Waals surface area contributed by atoms with Gasteiger partial charge in [-0.2, -0.15) is 0 Å². The number of allylic oxidation sites excluding steroid dienone is 1. The van der Waals surface area contributed by atoms with E-state index in [0.717, 1.165) is 32.7 Å². The number of anilines is 1. The van der Waals surface area contributed by atoms with Crippen LogP contribution in [0.4, 0.5) is 5.69 Å². The molecule has 174 valence electrons. The van der Waals surface area contributed by atoms with Crippen LogP contribution < -0.4 is 4.90 Å². The zero-order chi connectivity index (χ0) is 24.7. The predicted octanol–water partition coefficient (Wildman–Crippen LogP) is 6.70. The summed E-state index contributed by atoms with van der Waals surface area (Å²) in [6, 6.07) is 15.4. The van der Waals surface area contributed by atoms with Gasteiger partial charge in [0, 0.05) is 32.3 Å². The molecule has 0 fully saturated rings. The fourth-order valence-electron chi connectivity index (χ4n) is 4.31. The van der Waals surface area contributed by atoms with E-state index in [1.165, 1.54) is 12.0 Å². The number of carbonyl (C=O) groups excluding carboxylic acids is 2. The van der Waals surface area contributed by atoms with Gasteiger partial charge in [0.1, 0.15) is 0 Å². The predicted molar refractivity (Wildman–Crippen MR) is 139 cm³/mol. The molecular weight excluding hydrogens is 516 g/mol. The Morgan fingerprint density at radius 1 is 1.03 bits per heavy atom. The van der Waals surface area contributed by atoms with E-state index in [-0.39, 0.29) is 17.1 Å². The first kappa shape index (κ1) is 24.0. The van der Waals surface area contributed by atoms with Crippen LogP contribution >= 0.6 is 27.5 Å². The van der Waals surface area contributed by atoms with Crippen molar-refractivity contribution in [1.29, 1.82) is 0 Å². The molecule has 2 aromatic carbocycles. The number of benzene rings is 2. The van der Waals surface area contributed by atoms with E-state index in [9.17, 15) is 9.59 Å². The number of amides is 1. The van der Waals surface area contributed by atoms with Crippen LogP contribution in [0.3, 0.4) is 0 Å². The highest BCUT2D eigenvalue weighted by Gasteiger charge is 2.38. The summed E-state index contributed by atoms with van der Waals surface area (Å²) in [5, 5.41) is 0.549. The van der Waals surface area contributed by atoms with Gasteiger partial charge in [0.05, 0.1) is 23.9 Å². The molecule has 0 aliphatic carbocycles. The molecule has 4 rings (SSSR count). The zero-order valence-corrected chi connectivity index (χ0v) is 21.9. The molecule has 1 aliphatic heterocycles. The fourth-order valence-corrected chi connectivity index (χ4v) is 4.88. The van der Waals surface area contributed by atoms with Gasteiger partial charge in [-0.3, -0.25) is 9.69 Å². The molecule has 0 atom stereocenters. The van der Waals surface area contributed by atoms with E-state index in [1.54, 1.807) is 19.1 Å². The van der Waals surface area contributed by atoms with E-state index in [4.69, 9.17) is 16.3 Å². The van der Waals surface area contributed by atoms with E-state index in [1.807, 2.05) is 63.2 Å². The van der Waals surface area contributed by atoms with Gasteiger partial charge in [-0.15, -0.1) is 0 Å². The number of hydrogen-bond donors (Lipinski definition) is 0. The number of esters is 1. The normalized spacial score (nSPS) is 15.0. The van der Waals surface area contributed by atoms with Crippen LogP contribution in [0.25, 0.3) is 11.8 Å². The van der Waals surface area contributed by atoms with Crippen LogP contribution in [0.1, 0.15) is 29.4 Å². The highest BCUT2D eigenvalue weighted by molar-refractivity contribution is 9.10. The lowest BCUT2D eigenvalue weighted by Gasteiger charge is -2.18. The van der Waals surface area contributed by atoms with Gasteiger partial charge in [-0.25, -0.2) is 4.79 Å². The van der Waals surface area contributed by atoms with Crippen LogP contribution in [0.5, 0.6) is 0 Å². The summed E-state index contributed by atoms with van der Waals surface area (Å²) in [4.78, 5) is 27.9. The smallest absolute Gasteiger partial charge is 0.340 e. The van der Waals surface area contributed by atoms with Crippen molar-refractivity contribution >= 4 is 51.2 Å². The molecule has 0 unspecified atom stereocenters. The van der Waals surface area contributed by atoms with E-state index >= 15 is 0 Å². The lowest BCUT2D eigenvalue weighted by Crippen LogP contribution is -2.24. The Morgan fingerprint density at radius 3 is 2.41 bits per heavy atom. The van der Waals surface area contributed by atoms with Crippen molar-refractivity contribution in [3.05, 3.63) is 97.4 Å². The average molecular weight is 540 g/mol. The maximum atomic E-state index is 13.6. The van der Waals surface area contributed by atoms with Crippen molar-refractivity contribution in [2.45, 2.75) is 27.7 Å². The van der Waals surface area contributed by atoms with Crippen LogP contribution in [0.15, 0.2) is 69.8 Å². The molecule has 34 heavy (non-hydrogen) atoms. The quantitative estimate of drug-likeness (QED) is 0.274. The molecule has 0 saturated heterocycles. The third kappa shape index (κ3) is 4.12. The van der Waals surface area contributed by atoms with E-state index in [0.29, 0.717) is 16.4 Å². The Morgan fingerprint density at radius 2 is 1.76 bits per heavy atom. The summed E-state index contributed by atoms with van der Waals surface area (Å²) >= 11 is 9.85. The number of aromatic nitrogens is 1. The number of carbonyl (C=O) groups is 2. The lowest BCUT2D eigenvalue weighted by atomic mass is 10.0. The SMILES string of the molecule is COC(=O)C1=C(C)N(c2ccc(C)c(Cl)c2)C(=O)/C1=C\c1cc(C)n(-c2cccc(Br)c2)c1C. The Balaban J connectivity index is 1.86. The average Bonchev–Trinajstić information content (AvgIpc) is 3.21. The Kier molecular flexibility index (Phi) is 6.56. The monoisotopic (exact) mass is 538 g/mol. The summed E-state index contributed by atoms with van der Waals surface area (Å²) in [7, 11) is 1.31. The molecule has 1 aromatic heterocycles. The van der Waals surface area contributed by atoms with Gasteiger partial charge >= 0.3 is 5.97 Å². The number of nitrogens with zero attached hydrogens (tertiary/aromatic N) is 2. The Labute approximate surface area is 212 Å². The molecule has 1 amide bonds.